The van der Waals surface area contributed by atoms with E-state index in [1.165, 1.54) is 4.90 Å². The van der Waals surface area contributed by atoms with Crippen molar-refractivity contribution in [3.8, 4) is 16.5 Å². The van der Waals surface area contributed by atoms with E-state index in [4.69, 9.17) is 0 Å². The Morgan fingerprint density at radius 1 is 1.17 bits per heavy atom. The Morgan fingerprint density at radius 3 is 2.39 bits per heavy atom. The van der Waals surface area contributed by atoms with Gasteiger partial charge in [-0.15, -0.1) is 11.3 Å². The lowest BCUT2D eigenvalue weighted by Crippen LogP contribution is -2.58. The Labute approximate surface area is 244 Å². The Balaban J connectivity index is 1.52. The largest absolute Gasteiger partial charge is 0.359 e. The Bertz CT molecular complexity index is 1350. The number of hydrogen-bond acceptors (Lipinski definition) is 7. The van der Waals surface area contributed by atoms with Crippen LogP contribution in [0, 0.1) is 29.1 Å². The first-order valence-corrected chi connectivity index (χ1v) is 14.8. The van der Waals surface area contributed by atoms with Gasteiger partial charge in [-0.05, 0) is 49.1 Å². The summed E-state index contributed by atoms with van der Waals surface area (Å²) >= 11 is 1.55. The molecule has 1 aliphatic heterocycles. The maximum atomic E-state index is 13.8. The van der Waals surface area contributed by atoms with E-state index in [2.05, 4.69) is 27.0 Å². The molecule has 41 heavy (non-hydrogen) atoms. The number of hydrogen-bond donors (Lipinski definition) is 3. The summed E-state index contributed by atoms with van der Waals surface area (Å²) in [6, 6.07) is 7.56. The minimum Gasteiger partial charge on any atom is -0.359 e. The number of nitriles is 1. The maximum Gasteiger partial charge on any atom is 0.246 e. The van der Waals surface area contributed by atoms with Crippen LogP contribution in [-0.2, 0) is 19.2 Å². The fourth-order valence-corrected chi connectivity index (χ4v) is 5.97. The first-order chi connectivity index (χ1) is 19.4. The van der Waals surface area contributed by atoms with Gasteiger partial charge in [0.15, 0.2) is 0 Å². The molecule has 1 aromatic heterocycles. The molecule has 2 aromatic rings. The summed E-state index contributed by atoms with van der Waals surface area (Å²) in [6.45, 7) is 7.88. The van der Waals surface area contributed by atoms with E-state index < -0.39 is 34.9 Å². The molecule has 11 heteroatoms. The second-order valence-corrected chi connectivity index (χ2v) is 12.8. The summed E-state index contributed by atoms with van der Waals surface area (Å²) < 4.78 is 0. The number of amides is 4. The van der Waals surface area contributed by atoms with Crippen LogP contribution in [0.3, 0.4) is 0 Å². The molecule has 2 heterocycles. The molecule has 2 fully saturated rings. The molecule has 218 valence electrons. The van der Waals surface area contributed by atoms with Crippen molar-refractivity contribution in [3.63, 3.8) is 0 Å². The predicted molar refractivity (Wildman–Crippen MR) is 155 cm³/mol. The molecule has 10 nitrogen and oxygen atoms in total. The zero-order valence-corrected chi connectivity index (χ0v) is 25.1. The summed E-state index contributed by atoms with van der Waals surface area (Å²) in [5.74, 6) is -1.35. The van der Waals surface area contributed by atoms with Crippen LogP contribution >= 0.6 is 11.3 Å². The van der Waals surface area contributed by atoms with Gasteiger partial charge in [0.25, 0.3) is 0 Å². The second kappa shape index (κ2) is 12.0. The fraction of sp³-hybridized carbons (Fsp3) is 0.533. The van der Waals surface area contributed by atoms with E-state index in [-0.39, 0.29) is 24.1 Å². The Hall–Kier alpha value is -3.78. The first kappa shape index (κ1) is 30.2. The van der Waals surface area contributed by atoms with Crippen molar-refractivity contribution in [2.24, 2.45) is 10.8 Å². The molecule has 1 saturated carbocycles. The lowest BCUT2D eigenvalue weighted by atomic mass is 9.85. The number of likely N-dealkylation sites (tertiary alicyclic amines) is 1. The highest BCUT2D eigenvalue weighted by atomic mass is 32.1. The van der Waals surface area contributed by atoms with Crippen molar-refractivity contribution < 1.29 is 19.2 Å². The van der Waals surface area contributed by atoms with Gasteiger partial charge in [0.1, 0.15) is 17.5 Å². The van der Waals surface area contributed by atoms with Crippen LogP contribution in [-0.4, -0.2) is 59.2 Å². The lowest BCUT2D eigenvalue weighted by Gasteiger charge is -2.36. The first-order valence-electron chi connectivity index (χ1n) is 13.9. The van der Waals surface area contributed by atoms with Gasteiger partial charge in [0, 0.05) is 13.6 Å². The summed E-state index contributed by atoms with van der Waals surface area (Å²) in [6.07, 6.45) is 2.11. The van der Waals surface area contributed by atoms with E-state index in [1.54, 1.807) is 23.9 Å². The van der Waals surface area contributed by atoms with Gasteiger partial charge in [-0.2, -0.15) is 5.26 Å². The van der Waals surface area contributed by atoms with Crippen molar-refractivity contribution >= 4 is 35.0 Å². The number of nitrogens with one attached hydrogen (secondary N) is 3. The van der Waals surface area contributed by atoms with Crippen molar-refractivity contribution in [2.45, 2.75) is 77.9 Å². The highest BCUT2D eigenvalue weighted by Gasteiger charge is 2.53. The van der Waals surface area contributed by atoms with E-state index in [0.29, 0.717) is 32.2 Å². The molecule has 1 aromatic carbocycles. The molecule has 0 bridgehead atoms. The van der Waals surface area contributed by atoms with Crippen molar-refractivity contribution in [3.05, 3.63) is 41.0 Å². The highest BCUT2D eigenvalue weighted by Crippen LogP contribution is 2.45. The number of benzene rings is 1. The third-order valence-electron chi connectivity index (χ3n) is 7.93. The van der Waals surface area contributed by atoms with Gasteiger partial charge in [-0.25, -0.2) is 4.98 Å². The molecule has 0 spiro atoms. The molecule has 3 N–H and O–H groups in total. The number of aryl methyl sites for hydroxylation is 1. The van der Waals surface area contributed by atoms with Crippen LogP contribution in [0.2, 0.25) is 0 Å². The minimum absolute atomic E-state index is 0.0404. The molecule has 0 radical (unpaired) electrons. The number of nitrogens with zero attached hydrogens (tertiary/aromatic N) is 3. The van der Waals surface area contributed by atoms with E-state index >= 15 is 0 Å². The quantitative estimate of drug-likeness (QED) is 0.417. The second-order valence-electron chi connectivity index (χ2n) is 12.0. The monoisotopic (exact) mass is 578 g/mol. The average molecular weight is 579 g/mol. The average Bonchev–Trinajstić information content (AvgIpc) is 3.37. The van der Waals surface area contributed by atoms with Crippen molar-refractivity contribution in [1.29, 1.82) is 5.26 Å². The zero-order valence-electron chi connectivity index (χ0n) is 24.2. The van der Waals surface area contributed by atoms with Crippen LogP contribution < -0.4 is 16.0 Å². The molecule has 1 unspecified atom stereocenters. The topological polar surface area (TPSA) is 144 Å². The summed E-state index contributed by atoms with van der Waals surface area (Å²) in [5, 5.41) is 17.9. The molecule has 2 aliphatic rings. The number of thiazole rings is 1. The summed E-state index contributed by atoms with van der Waals surface area (Å²) in [4.78, 5) is 59.6. The van der Waals surface area contributed by atoms with Crippen LogP contribution in [0.15, 0.2) is 29.8 Å². The molecule has 4 amide bonds. The fourth-order valence-electron chi connectivity index (χ4n) is 5.15. The van der Waals surface area contributed by atoms with Gasteiger partial charge in [0.05, 0.1) is 34.6 Å². The predicted octanol–water partition coefficient (Wildman–Crippen LogP) is 3.24. The molecular weight excluding hydrogens is 540 g/mol. The van der Waals surface area contributed by atoms with Crippen LogP contribution in [0.4, 0.5) is 0 Å². The number of rotatable bonds is 9. The summed E-state index contributed by atoms with van der Waals surface area (Å²) in [7, 11) is 1.55. The van der Waals surface area contributed by atoms with Crippen molar-refractivity contribution in [2.75, 3.05) is 13.6 Å². The van der Waals surface area contributed by atoms with Gasteiger partial charge in [-0.3, -0.25) is 19.2 Å². The maximum absolute atomic E-state index is 13.8. The number of aromatic nitrogens is 1. The zero-order chi connectivity index (χ0) is 29.9. The van der Waals surface area contributed by atoms with E-state index in [0.717, 1.165) is 21.7 Å². The van der Waals surface area contributed by atoms with Gasteiger partial charge in [-0.1, -0.05) is 45.0 Å². The molecule has 1 saturated heterocycles. The number of carbonyl (C=O) groups excluding carboxylic acids is 4. The molecule has 1 aliphatic carbocycles. The van der Waals surface area contributed by atoms with E-state index in [1.807, 2.05) is 52.0 Å². The molecule has 3 atom stereocenters. The highest BCUT2D eigenvalue weighted by molar-refractivity contribution is 7.13. The van der Waals surface area contributed by atoms with Crippen LogP contribution in [0.1, 0.15) is 70.2 Å². The van der Waals surface area contributed by atoms with Gasteiger partial charge in [0.2, 0.25) is 23.6 Å². The van der Waals surface area contributed by atoms with E-state index in [9.17, 15) is 24.4 Å². The third kappa shape index (κ3) is 6.59. The lowest BCUT2D eigenvalue weighted by molar-refractivity contribution is -0.144. The normalized spacial score (nSPS) is 19.0. The Morgan fingerprint density at radius 2 is 1.85 bits per heavy atom. The smallest absolute Gasteiger partial charge is 0.246 e. The third-order valence-corrected chi connectivity index (χ3v) is 8.91. The minimum atomic E-state index is -1.06. The Kier molecular flexibility index (Phi) is 8.83. The molecule has 4 rings (SSSR count). The van der Waals surface area contributed by atoms with Gasteiger partial charge < -0.3 is 20.9 Å². The SMILES string of the molecule is CNC(=O)CC(NC(=O)[C@@H]1CCCN1C(=O)[C@@H](NC(=O)C1(C#N)CC1)C(C)(C)C)c1ccc(-c2scnc2C)cc1. The van der Waals surface area contributed by atoms with Crippen LogP contribution in [0.25, 0.3) is 10.4 Å². The number of carbonyl (C=O) groups is 4. The van der Waals surface area contributed by atoms with Crippen LogP contribution in [0.5, 0.6) is 0 Å². The summed E-state index contributed by atoms with van der Waals surface area (Å²) in [5.41, 5.74) is 2.81. The standard InChI is InChI=1S/C30H38N6O4S/c1-18-24(41-17-33-18)20-10-8-19(9-11-20)21(15-23(37)32-5)34-26(38)22-7-6-14-36(22)27(39)25(29(2,3)4)35-28(40)30(16-31)12-13-30/h8-11,17,21-22,25H,6-7,12-15H2,1-5H3,(H,32,37)(H,34,38)(H,35,40)/t21?,22-,25+/m0/s1. The molecular formula is C30H38N6O4S. The van der Waals surface area contributed by atoms with Gasteiger partial charge >= 0.3 is 0 Å². The van der Waals surface area contributed by atoms with Crippen molar-refractivity contribution in [1.82, 2.24) is 25.8 Å².